The van der Waals surface area contributed by atoms with Crippen LogP contribution in [0.1, 0.15) is 5.56 Å². The van der Waals surface area contributed by atoms with E-state index in [-0.39, 0.29) is 11.9 Å². The van der Waals surface area contributed by atoms with E-state index >= 15 is 0 Å². The summed E-state index contributed by atoms with van der Waals surface area (Å²) in [6, 6.07) is 8.73. The Bertz CT molecular complexity index is 782. The van der Waals surface area contributed by atoms with Gasteiger partial charge in [-0.25, -0.2) is 9.07 Å². The van der Waals surface area contributed by atoms with Crippen LogP contribution in [0, 0.1) is 5.82 Å². The van der Waals surface area contributed by atoms with E-state index in [1.54, 1.807) is 34.3 Å². The van der Waals surface area contributed by atoms with Crippen LogP contribution in [0.4, 0.5) is 9.39 Å². The van der Waals surface area contributed by atoms with E-state index in [1.807, 2.05) is 13.1 Å². The van der Waals surface area contributed by atoms with Crippen molar-refractivity contribution in [3.05, 3.63) is 53.3 Å². The predicted molar refractivity (Wildman–Crippen MR) is 90.9 cm³/mol. The normalized spacial score (nSPS) is 12.3. The molecule has 0 unspecified atom stereocenters. The molecule has 7 heteroatoms. The Morgan fingerprint density at radius 1 is 1.39 bits per heavy atom. The zero-order valence-corrected chi connectivity index (χ0v) is 13.6. The molecular formula is C16H18FN5S. The average molecular weight is 331 g/mol. The van der Waals surface area contributed by atoms with E-state index in [4.69, 9.17) is 5.73 Å². The van der Waals surface area contributed by atoms with Crippen LogP contribution in [-0.4, -0.2) is 27.6 Å². The van der Waals surface area contributed by atoms with Gasteiger partial charge in [-0.05, 0) is 30.2 Å². The lowest BCUT2D eigenvalue weighted by molar-refractivity contribution is 0.622. The van der Waals surface area contributed by atoms with Crippen molar-refractivity contribution in [2.24, 2.45) is 12.8 Å². The maximum atomic E-state index is 13.3. The summed E-state index contributed by atoms with van der Waals surface area (Å²) in [5.41, 5.74) is 8.81. The first-order chi connectivity index (χ1) is 11.2. The van der Waals surface area contributed by atoms with Gasteiger partial charge in [-0.3, -0.25) is 0 Å². The van der Waals surface area contributed by atoms with Crippen molar-refractivity contribution in [2.75, 3.05) is 11.9 Å². The highest BCUT2D eigenvalue weighted by Crippen LogP contribution is 2.28. The molecule has 0 saturated heterocycles. The Morgan fingerprint density at radius 3 is 2.96 bits per heavy atom. The molecule has 0 bridgehead atoms. The van der Waals surface area contributed by atoms with E-state index in [1.165, 1.54) is 6.07 Å². The van der Waals surface area contributed by atoms with Crippen LogP contribution in [0.2, 0.25) is 0 Å². The predicted octanol–water partition coefficient (Wildman–Crippen LogP) is 2.66. The van der Waals surface area contributed by atoms with Gasteiger partial charge in [0.05, 0.1) is 16.9 Å². The van der Waals surface area contributed by atoms with Gasteiger partial charge in [-0.15, -0.1) is 16.4 Å². The number of nitrogens with one attached hydrogen (secondary N) is 1. The summed E-state index contributed by atoms with van der Waals surface area (Å²) >= 11 is 1.60. The van der Waals surface area contributed by atoms with Crippen LogP contribution in [0.25, 0.3) is 11.3 Å². The van der Waals surface area contributed by atoms with E-state index in [0.29, 0.717) is 13.0 Å². The molecule has 3 rings (SSSR count). The third-order valence-corrected chi connectivity index (χ3v) is 4.47. The van der Waals surface area contributed by atoms with Crippen molar-refractivity contribution in [3.63, 3.8) is 0 Å². The van der Waals surface area contributed by atoms with E-state index in [9.17, 15) is 4.39 Å². The van der Waals surface area contributed by atoms with Crippen LogP contribution in [0.15, 0.2) is 41.9 Å². The molecular weight excluding hydrogens is 313 g/mol. The lowest BCUT2D eigenvalue weighted by atomic mass is 10.1. The first-order valence-corrected chi connectivity index (χ1v) is 8.18. The zero-order valence-electron chi connectivity index (χ0n) is 12.7. The number of benzene rings is 1. The van der Waals surface area contributed by atoms with Crippen molar-refractivity contribution >= 4 is 16.3 Å². The molecule has 3 aromatic rings. The molecule has 2 aromatic heterocycles. The fraction of sp³-hybridized carbons (Fsp3) is 0.250. The lowest BCUT2D eigenvalue weighted by Gasteiger charge is -2.17. The first kappa shape index (κ1) is 15.6. The highest BCUT2D eigenvalue weighted by molar-refractivity contribution is 7.14. The number of thiophene rings is 1. The van der Waals surface area contributed by atoms with Crippen molar-refractivity contribution in [1.82, 2.24) is 15.0 Å². The summed E-state index contributed by atoms with van der Waals surface area (Å²) in [7, 11) is 1.86. The number of nitrogens with two attached hydrogens (primary N) is 1. The van der Waals surface area contributed by atoms with E-state index < -0.39 is 0 Å². The quantitative estimate of drug-likeness (QED) is 0.729. The van der Waals surface area contributed by atoms with Crippen LogP contribution in [0.3, 0.4) is 0 Å². The Kier molecular flexibility index (Phi) is 4.68. The largest absolute Gasteiger partial charge is 0.373 e. The molecule has 1 atom stereocenters. The standard InChI is InChI=1S/C16H18FN5S/c1-22-15(9-19-21-22)12-7-16(23-10-12)20-14(8-18)6-11-3-2-4-13(17)5-11/h2-5,7,9-10,14,20H,6,8,18H2,1H3/t14-/m0/s1. The Balaban J connectivity index is 1.70. The van der Waals surface area contributed by atoms with Gasteiger partial charge in [0.25, 0.3) is 0 Å². The highest BCUT2D eigenvalue weighted by atomic mass is 32.1. The second-order valence-electron chi connectivity index (χ2n) is 5.35. The summed E-state index contributed by atoms with van der Waals surface area (Å²) in [5.74, 6) is -0.222. The van der Waals surface area contributed by atoms with E-state index in [0.717, 1.165) is 21.8 Å². The van der Waals surface area contributed by atoms with Crippen LogP contribution in [0.5, 0.6) is 0 Å². The molecule has 0 radical (unpaired) electrons. The van der Waals surface area contributed by atoms with Crippen molar-refractivity contribution in [2.45, 2.75) is 12.5 Å². The van der Waals surface area contributed by atoms with Gasteiger partial charge in [0.2, 0.25) is 0 Å². The van der Waals surface area contributed by atoms with Crippen LogP contribution >= 0.6 is 11.3 Å². The summed E-state index contributed by atoms with van der Waals surface area (Å²) in [5, 5.41) is 14.3. The summed E-state index contributed by atoms with van der Waals surface area (Å²) in [6.45, 7) is 0.469. The van der Waals surface area contributed by atoms with Gasteiger partial charge in [0, 0.05) is 30.6 Å². The molecule has 0 spiro atoms. The average Bonchev–Trinajstić information content (AvgIpc) is 3.15. The number of aromatic nitrogens is 3. The number of hydrogen-bond donors (Lipinski definition) is 2. The van der Waals surface area contributed by atoms with Gasteiger partial charge < -0.3 is 11.1 Å². The molecule has 120 valence electrons. The third kappa shape index (κ3) is 3.75. The molecule has 0 fully saturated rings. The molecule has 0 aliphatic carbocycles. The second-order valence-corrected chi connectivity index (χ2v) is 6.26. The minimum absolute atomic E-state index is 0.0490. The zero-order chi connectivity index (χ0) is 16.2. The van der Waals surface area contributed by atoms with Crippen molar-refractivity contribution in [3.8, 4) is 11.3 Å². The van der Waals surface area contributed by atoms with Crippen molar-refractivity contribution < 1.29 is 4.39 Å². The van der Waals surface area contributed by atoms with Gasteiger partial charge in [-0.2, -0.15) is 0 Å². The molecule has 5 nitrogen and oxygen atoms in total. The van der Waals surface area contributed by atoms with Gasteiger partial charge in [0.1, 0.15) is 5.82 Å². The summed E-state index contributed by atoms with van der Waals surface area (Å²) in [6.07, 6.45) is 2.41. The molecule has 0 saturated carbocycles. The maximum absolute atomic E-state index is 13.3. The number of hydrogen-bond acceptors (Lipinski definition) is 5. The van der Waals surface area contributed by atoms with E-state index in [2.05, 4.69) is 27.1 Å². The molecule has 0 amide bonds. The molecule has 2 heterocycles. The smallest absolute Gasteiger partial charge is 0.123 e. The minimum atomic E-state index is -0.222. The number of halogens is 1. The second kappa shape index (κ2) is 6.89. The molecule has 23 heavy (non-hydrogen) atoms. The fourth-order valence-electron chi connectivity index (χ4n) is 2.44. The lowest BCUT2D eigenvalue weighted by Crippen LogP contribution is -2.30. The topological polar surface area (TPSA) is 68.8 Å². The van der Waals surface area contributed by atoms with Gasteiger partial charge in [0.15, 0.2) is 0 Å². The van der Waals surface area contributed by atoms with Crippen LogP contribution < -0.4 is 11.1 Å². The molecule has 3 N–H and O–H groups in total. The Morgan fingerprint density at radius 2 is 2.26 bits per heavy atom. The van der Waals surface area contributed by atoms with Gasteiger partial charge in [-0.1, -0.05) is 17.3 Å². The third-order valence-electron chi connectivity index (χ3n) is 3.61. The van der Waals surface area contributed by atoms with Crippen LogP contribution in [-0.2, 0) is 13.5 Å². The molecule has 0 aliphatic heterocycles. The van der Waals surface area contributed by atoms with Crippen molar-refractivity contribution in [1.29, 1.82) is 0 Å². The number of aryl methyl sites for hydroxylation is 1. The SMILES string of the molecule is Cn1nncc1-c1csc(N[C@H](CN)Cc2cccc(F)c2)c1. The number of rotatable bonds is 6. The first-order valence-electron chi connectivity index (χ1n) is 7.30. The molecule has 1 aromatic carbocycles. The number of anilines is 1. The minimum Gasteiger partial charge on any atom is -0.373 e. The Hall–Kier alpha value is -2.25. The van der Waals surface area contributed by atoms with Gasteiger partial charge >= 0.3 is 0 Å². The summed E-state index contributed by atoms with van der Waals surface area (Å²) < 4.78 is 15.0. The monoisotopic (exact) mass is 331 g/mol. The number of nitrogens with zero attached hydrogens (tertiary/aromatic N) is 3. The molecule has 0 aliphatic rings. The summed E-state index contributed by atoms with van der Waals surface area (Å²) in [4.78, 5) is 0. The maximum Gasteiger partial charge on any atom is 0.123 e. The fourth-order valence-corrected chi connectivity index (χ4v) is 3.31. The highest BCUT2D eigenvalue weighted by Gasteiger charge is 2.12. The Labute approximate surface area is 137 Å².